The molecule has 3 aliphatic rings. The smallest absolute Gasteiger partial charge is 0.338 e. The highest BCUT2D eigenvalue weighted by molar-refractivity contribution is 6.99. The van der Waals surface area contributed by atoms with E-state index in [9.17, 15) is 14.7 Å². The van der Waals surface area contributed by atoms with Crippen molar-refractivity contribution < 1.29 is 23.9 Å². The number of aryl methyl sites for hydroxylation is 1. The molecule has 3 heterocycles. The lowest BCUT2D eigenvalue weighted by molar-refractivity contribution is -0.119. The van der Waals surface area contributed by atoms with Crippen molar-refractivity contribution in [2.24, 2.45) is 4.99 Å². The molecule has 0 saturated carbocycles. The Kier molecular flexibility index (Phi) is 10.8. The van der Waals surface area contributed by atoms with Gasteiger partial charge in [0.1, 0.15) is 12.1 Å². The van der Waals surface area contributed by atoms with Crippen LogP contribution in [0.5, 0.6) is 0 Å². The number of nitrogens with one attached hydrogen (secondary N) is 3. The third kappa shape index (κ3) is 6.99. The molecule has 1 spiro atoms. The van der Waals surface area contributed by atoms with E-state index in [0.717, 1.165) is 15.9 Å². The Morgan fingerprint density at radius 1 is 0.911 bits per heavy atom. The Morgan fingerprint density at radius 3 is 2.00 bits per heavy atom. The van der Waals surface area contributed by atoms with Crippen molar-refractivity contribution in [1.29, 1.82) is 0 Å². The van der Waals surface area contributed by atoms with Gasteiger partial charge >= 0.3 is 5.97 Å². The first kappa shape index (κ1) is 39.9. The van der Waals surface area contributed by atoms with E-state index < -0.39 is 60.0 Å². The van der Waals surface area contributed by atoms with Crippen LogP contribution >= 0.6 is 34.8 Å². The number of esters is 1. The molecule has 0 radical (unpaired) electrons. The van der Waals surface area contributed by atoms with Gasteiger partial charge in [0.2, 0.25) is 5.96 Å². The Bertz CT molecular complexity index is 2080. The molecular formula is C42H44Cl3N5O5Si. The van der Waals surface area contributed by atoms with Gasteiger partial charge in [-0.2, -0.15) is 0 Å². The molecule has 4 N–H and O–H groups in total. The highest BCUT2D eigenvalue weighted by Crippen LogP contribution is 2.50. The molecule has 292 valence electrons. The molecule has 14 heteroatoms. The third-order valence-electron chi connectivity index (χ3n) is 10.8. The first-order valence-corrected chi connectivity index (χ1v) is 21.4. The first-order chi connectivity index (χ1) is 26.6. The van der Waals surface area contributed by atoms with Crippen molar-refractivity contribution in [3.8, 4) is 0 Å². The number of carbonyl (C=O) groups is 2. The molecule has 7 rings (SSSR count). The number of aliphatic imine (C=N–C) groups is 1. The summed E-state index contributed by atoms with van der Waals surface area (Å²) >= 11 is 18.4. The average Bonchev–Trinajstić information content (AvgIpc) is 3.65. The van der Waals surface area contributed by atoms with Crippen LogP contribution in [0.3, 0.4) is 0 Å². The highest BCUT2D eigenvalue weighted by atomic mass is 35.6. The molecular weight excluding hydrogens is 789 g/mol. The van der Waals surface area contributed by atoms with E-state index in [4.69, 9.17) is 49.0 Å². The Morgan fingerprint density at radius 2 is 1.46 bits per heavy atom. The number of aliphatic hydroxyl groups excluding tert-OH is 1. The second-order valence-electron chi connectivity index (χ2n) is 15.4. The summed E-state index contributed by atoms with van der Waals surface area (Å²) in [5, 5.41) is 24.1. The summed E-state index contributed by atoms with van der Waals surface area (Å²) in [6, 6.07) is 34.2. The molecule has 4 aromatic rings. The van der Waals surface area contributed by atoms with Gasteiger partial charge in [-0.25, -0.2) is 9.79 Å². The number of amides is 1. The van der Waals surface area contributed by atoms with Crippen molar-refractivity contribution >= 4 is 71.3 Å². The maximum absolute atomic E-state index is 13.9. The molecule has 56 heavy (non-hydrogen) atoms. The molecule has 3 aliphatic heterocycles. The predicted octanol–water partition coefficient (Wildman–Crippen LogP) is 5.47. The number of benzene rings is 4. The van der Waals surface area contributed by atoms with E-state index in [1.807, 2.05) is 85.8 Å². The second-order valence-corrected chi connectivity index (χ2v) is 22.0. The monoisotopic (exact) mass is 831 g/mol. The van der Waals surface area contributed by atoms with Gasteiger partial charge in [-0.1, -0.05) is 171 Å². The Hall–Kier alpha value is -4.36. The summed E-state index contributed by atoms with van der Waals surface area (Å²) in [5.41, 5.74) is 0.444. The number of guanidine groups is 1. The number of alkyl halides is 3. The van der Waals surface area contributed by atoms with E-state index in [1.165, 1.54) is 0 Å². The molecule has 4 aromatic carbocycles. The van der Waals surface area contributed by atoms with E-state index in [0.29, 0.717) is 16.9 Å². The molecule has 1 amide bonds. The molecule has 2 unspecified atom stereocenters. The molecule has 6 atom stereocenters. The van der Waals surface area contributed by atoms with Crippen LogP contribution in [0.15, 0.2) is 133 Å². The largest absolute Gasteiger partial charge is 0.453 e. The van der Waals surface area contributed by atoms with Crippen molar-refractivity contribution in [1.82, 2.24) is 20.9 Å². The minimum absolute atomic E-state index is 0.0144. The fraction of sp³-hybridized carbons (Fsp3) is 0.310. The van der Waals surface area contributed by atoms with Crippen molar-refractivity contribution in [2.75, 3.05) is 6.61 Å². The Labute approximate surface area is 343 Å². The highest BCUT2D eigenvalue weighted by Gasteiger charge is 2.71. The van der Waals surface area contributed by atoms with Gasteiger partial charge in [-0.05, 0) is 40.0 Å². The molecule has 0 bridgehead atoms. The summed E-state index contributed by atoms with van der Waals surface area (Å²) in [6.45, 7) is 12.7. The van der Waals surface area contributed by atoms with Gasteiger partial charge in [0.05, 0.1) is 30.1 Å². The minimum atomic E-state index is -3.11. The van der Waals surface area contributed by atoms with Crippen molar-refractivity contribution in [2.45, 2.75) is 72.5 Å². The number of hydrogen-bond donors (Lipinski definition) is 4. The van der Waals surface area contributed by atoms with Gasteiger partial charge in [0.25, 0.3) is 18.0 Å². The van der Waals surface area contributed by atoms with Crippen molar-refractivity contribution in [3.63, 3.8) is 0 Å². The maximum Gasteiger partial charge on any atom is 0.338 e. The summed E-state index contributed by atoms with van der Waals surface area (Å²) in [7, 11) is -3.11. The number of nitrogens with zero attached hydrogens (tertiary/aromatic N) is 2. The number of halogens is 3. The topological polar surface area (TPSA) is 125 Å². The molecule has 2 fully saturated rings. The van der Waals surface area contributed by atoms with Crippen LogP contribution in [0, 0.1) is 6.92 Å². The second kappa shape index (κ2) is 15.2. The number of ether oxygens (including phenoxy) is 1. The lowest BCUT2D eigenvalue weighted by atomic mass is 9.88. The van der Waals surface area contributed by atoms with Gasteiger partial charge in [0.15, 0.2) is 11.8 Å². The zero-order valence-electron chi connectivity index (χ0n) is 31.4. The first-order valence-electron chi connectivity index (χ1n) is 18.3. The summed E-state index contributed by atoms with van der Waals surface area (Å²) < 4.78 is 11.3. The number of hydrogen-bond acceptors (Lipinski definition) is 9. The zero-order valence-corrected chi connectivity index (χ0v) is 34.6. The lowest BCUT2D eigenvalue weighted by Gasteiger charge is -2.49. The lowest BCUT2D eigenvalue weighted by Crippen LogP contribution is -2.74. The molecule has 10 nitrogen and oxygen atoms in total. The fourth-order valence-corrected chi connectivity index (χ4v) is 13.1. The van der Waals surface area contributed by atoms with E-state index in [2.05, 4.69) is 67.6 Å². The van der Waals surface area contributed by atoms with Crippen LogP contribution in [0.4, 0.5) is 0 Å². The van der Waals surface area contributed by atoms with Crippen LogP contribution in [-0.2, 0) is 14.0 Å². The summed E-state index contributed by atoms with van der Waals surface area (Å²) in [5.74, 6) is -1.23. The quantitative estimate of drug-likeness (QED) is 0.105. The number of rotatable bonds is 8. The van der Waals surface area contributed by atoms with Crippen molar-refractivity contribution in [3.05, 3.63) is 144 Å². The fourth-order valence-electron chi connectivity index (χ4n) is 8.42. The van der Waals surface area contributed by atoms with Gasteiger partial charge in [-0.3, -0.25) is 10.1 Å². The SMILES string of the molecule is C=C1NC2[C@H](CO[Si](c3ccccc3)(c3ccccc3)C(C)(C)C)N=C(NC(=O)C(Cl)(Cl)Cl)N3[C@@H](c4ccccc4)[C@H](OC(=O)c4ccc(C)cc4)[C@H](O)C23N1. The number of carbonyl (C=O) groups excluding carboxylic acids is 2. The third-order valence-corrected chi connectivity index (χ3v) is 16.4. The van der Waals surface area contributed by atoms with Gasteiger partial charge in [0, 0.05) is 0 Å². The minimum Gasteiger partial charge on any atom is -0.453 e. The van der Waals surface area contributed by atoms with Crippen LogP contribution in [0.1, 0.15) is 48.3 Å². The standard InChI is InChI=1S/C42H44Cl3N5O5Si/c1-26-21-23-29(24-22-26)37(52)55-34-33(28-15-9-6-10-16-28)50-39(48-38(53)42(43,44)45)47-32(35-41(50,36(34)51)49-27(2)46-35)25-54-56(40(3,4)5,30-17-11-7-12-18-30)31-19-13-8-14-20-31/h6-24,32-36,46,49,51H,2,25H2,1,3-5H3,(H,47,48,53)/t32-,33-,34-,35?,36-,41?/m0/s1. The van der Waals surface area contributed by atoms with E-state index >= 15 is 0 Å². The van der Waals surface area contributed by atoms with E-state index in [1.54, 1.807) is 17.0 Å². The number of aliphatic hydroxyl groups is 1. The molecule has 0 aliphatic carbocycles. The van der Waals surface area contributed by atoms with E-state index in [-0.39, 0.29) is 17.6 Å². The van der Waals surface area contributed by atoms with Crippen LogP contribution in [0.2, 0.25) is 5.04 Å². The summed E-state index contributed by atoms with van der Waals surface area (Å²) in [4.78, 5) is 34.3. The van der Waals surface area contributed by atoms with Crippen LogP contribution < -0.4 is 26.3 Å². The van der Waals surface area contributed by atoms with Gasteiger partial charge < -0.3 is 29.8 Å². The van der Waals surface area contributed by atoms with Crippen LogP contribution in [-0.4, -0.2) is 76.5 Å². The Balaban J connectivity index is 1.38. The summed E-state index contributed by atoms with van der Waals surface area (Å²) in [6.07, 6.45) is -2.62. The molecule has 0 aromatic heterocycles. The maximum atomic E-state index is 13.9. The normalized spacial score (nSPS) is 24.6. The zero-order chi connectivity index (χ0) is 40.0. The van der Waals surface area contributed by atoms with Gasteiger partial charge in [-0.15, -0.1) is 0 Å². The predicted molar refractivity (Wildman–Crippen MR) is 223 cm³/mol. The van der Waals surface area contributed by atoms with Crippen LogP contribution in [0.25, 0.3) is 0 Å². The average molecular weight is 833 g/mol. The molecule has 2 saturated heterocycles.